The number of hydrogen-bond acceptors (Lipinski definition) is 3. The molecule has 0 aliphatic heterocycles. The van der Waals surface area contributed by atoms with E-state index in [4.69, 9.17) is 5.73 Å². The molecule has 0 saturated heterocycles. The maximum absolute atomic E-state index is 11.4. The molecule has 0 saturated carbocycles. The van der Waals surface area contributed by atoms with Crippen LogP contribution in [-0.4, -0.2) is 16.9 Å². The van der Waals surface area contributed by atoms with Crippen LogP contribution in [0.25, 0.3) is 0 Å². The van der Waals surface area contributed by atoms with Gasteiger partial charge in [-0.15, -0.1) is 0 Å². The fourth-order valence-electron chi connectivity index (χ4n) is 1.33. The van der Waals surface area contributed by atoms with Crippen LogP contribution in [0.4, 0.5) is 0 Å². The summed E-state index contributed by atoms with van der Waals surface area (Å²) in [6.07, 6.45) is 3.78. The zero-order chi connectivity index (χ0) is 11.3. The van der Waals surface area contributed by atoms with Crippen molar-refractivity contribution in [1.29, 1.82) is 0 Å². The third kappa shape index (κ3) is 4.08. The highest BCUT2D eigenvalue weighted by Gasteiger charge is 2.10. The quantitative estimate of drug-likeness (QED) is 0.773. The minimum atomic E-state index is -0.102. The first-order valence-electron chi connectivity index (χ1n) is 5.04. The molecule has 0 bridgehead atoms. The van der Waals surface area contributed by atoms with E-state index in [1.807, 2.05) is 26.0 Å². The lowest BCUT2D eigenvalue weighted by atomic mass is 10.1. The van der Waals surface area contributed by atoms with Crippen molar-refractivity contribution in [2.45, 2.75) is 32.4 Å². The Morgan fingerprint density at radius 2 is 2.07 bits per heavy atom. The molecular formula is C11H17N3O. The molecule has 4 nitrogen and oxygen atoms in total. The molecular weight excluding hydrogens is 190 g/mol. The van der Waals surface area contributed by atoms with Crippen molar-refractivity contribution < 1.29 is 4.79 Å². The summed E-state index contributed by atoms with van der Waals surface area (Å²) < 4.78 is 0. The summed E-state index contributed by atoms with van der Waals surface area (Å²) in [5.74, 6) is -0.0192. The van der Waals surface area contributed by atoms with Gasteiger partial charge in [0.15, 0.2) is 0 Å². The molecule has 1 heterocycles. The third-order valence-corrected chi connectivity index (χ3v) is 2.09. The van der Waals surface area contributed by atoms with Crippen molar-refractivity contribution in [2.75, 3.05) is 0 Å². The first kappa shape index (κ1) is 11.7. The summed E-state index contributed by atoms with van der Waals surface area (Å²) in [6, 6.07) is 3.67. The van der Waals surface area contributed by atoms with E-state index < -0.39 is 0 Å². The van der Waals surface area contributed by atoms with Crippen molar-refractivity contribution in [3.63, 3.8) is 0 Å². The monoisotopic (exact) mass is 207 g/mol. The predicted molar refractivity (Wildman–Crippen MR) is 59.1 cm³/mol. The van der Waals surface area contributed by atoms with Crippen LogP contribution in [0, 0.1) is 0 Å². The van der Waals surface area contributed by atoms with Crippen LogP contribution < -0.4 is 11.1 Å². The van der Waals surface area contributed by atoms with Crippen molar-refractivity contribution in [3.8, 4) is 0 Å². The Morgan fingerprint density at radius 1 is 1.47 bits per heavy atom. The lowest BCUT2D eigenvalue weighted by molar-refractivity contribution is -0.122. The first-order valence-corrected chi connectivity index (χ1v) is 5.04. The fraction of sp³-hybridized carbons (Fsp3) is 0.455. The number of carbonyl (C=O) groups excluding carboxylic acids is 1. The molecule has 1 aromatic rings. The number of pyridine rings is 1. The fourth-order valence-corrected chi connectivity index (χ4v) is 1.33. The second-order valence-corrected chi connectivity index (χ2v) is 3.75. The van der Waals surface area contributed by atoms with E-state index in [0.29, 0.717) is 6.42 Å². The summed E-state index contributed by atoms with van der Waals surface area (Å²) in [4.78, 5) is 15.4. The van der Waals surface area contributed by atoms with E-state index in [2.05, 4.69) is 10.3 Å². The van der Waals surface area contributed by atoms with Gasteiger partial charge in [0.25, 0.3) is 0 Å². The molecule has 0 radical (unpaired) electrons. The van der Waals surface area contributed by atoms with Crippen molar-refractivity contribution in [3.05, 3.63) is 30.1 Å². The Labute approximate surface area is 89.9 Å². The smallest absolute Gasteiger partial charge is 0.222 e. The van der Waals surface area contributed by atoms with Crippen molar-refractivity contribution >= 4 is 5.91 Å². The molecule has 0 aromatic carbocycles. The second kappa shape index (κ2) is 5.46. The first-order chi connectivity index (χ1) is 7.09. The number of nitrogens with zero attached hydrogens (tertiary/aromatic N) is 1. The highest BCUT2D eigenvalue weighted by molar-refractivity contribution is 5.76. The van der Waals surface area contributed by atoms with E-state index in [1.165, 1.54) is 0 Å². The molecule has 82 valence electrons. The zero-order valence-electron chi connectivity index (χ0n) is 9.10. The van der Waals surface area contributed by atoms with Crippen LogP contribution in [0.1, 0.15) is 31.9 Å². The lowest BCUT2D eigenvalue weighted by Crippen LogP contribution is -2.31. The number of nitrogens with one attached hydrogen (secondary N) is 1. The predicted octanol–water partition coefficient (Wildman–Crippen LogP) is 0.996. The van der Waals surface area contributed by atoms with E-state index in [1.54, 1.807) is 12.4 Å². The van der Waals surface area contributed by atoms with Crippen molar-refractivity contribution in [2.24, 2.45) is 5.73 Å². The molecule has 0 aliphatic carbocycles. The molecule has 0 fully saturated rings. The van der Waals surface area contributed by atoms with Gasteiger partial charge in [-0.3, -0.25) is 9.78 Å². The van der Waals surface area contributed by atoms with Crippen LogP contribution in [-0.2, 0) is 4.79 Å². The minimum absolute atomic E-state index is 0.000694. The van der Waals surface area contributed by atoms with E-state index in [-0.39, 0.29) is 18.0 Å². The summed E-state index contributed by atoms with van der Waals surface area (Å²) >= 11 is 0. The molecule has 1 amide bonds. The Bertz CT molecular complexity index is 311. The molecule has 2 unspecified atom stereocenters. The highest BCUT2D eigenvalue weighted by atomic mass is 16.1. The number of rotatable bonds is 4. The Hall–Kier alpha value is -1.42. The Kier molecular flexibility index (Phi) is 4.24. The molecule has 1 rings (SSSR count). The second-order valence-electron chi connectivity index (χ2n) is 3.75. The number of hydrogen-bond donors (Lipinski definition) is 2. The van der Waals surface area contributed by atoms with Gasteiger partial charge < -0.3 is 11.1 Å². The van der Waals surface area contributed by atoms with Gasteiger partial charge in [-0.25, -0.2) is 0 Å². The summed E-state index contributed by atoms with van der Waals surface area (Å²) in [6.45, 7) is 3.76. The van der Waals surface area contributed by atoms with Crippen LogP contribution in [0.2, 0.25) is 0 Å². The number of amides is 1. The standard InChI is InChI=1S/C11H17N3O/c1-8(12)7-11(15)14-9(2)10-3-5-13-6-4-10/h3-6,8-9H,7,12H2,1-2H3,(H,14,15). The molecule has 2 atom stereocenters. The summed E-state index contributed by atoms with van der Waals surface area (Å²) in [5, 5.41) is 2.88. The van der Waals surface area contributed by atoms with Gasteiger partial charge in [0.1, 0.15) is 0 Å². The van der Waals surface area contributed by atoms with Crippen LogP contribution >= 0.6 is 0 Å². The van der Waals surface area contributed by atoms with Gasteiger partial charge in [0, 0.05) is 24.9 Å². The van der Waals surface area contributed by atoms with Gasteiger partial charge in [-0.2, -0.15) is 0 Å². The minimum Gasteiger partial charge on any atom is -0.350 e. The number of carbonyl (C=O) groups is 1. The molecule has 0 aliphatic rings. The van der Waals surface area contributed by atoms with Gasteiger partial charge >= 0.3 is 0 Å². The highest BCUT2D eigenvalue weighted by Crippen LogP contribution is 2.10. The molecule has 3 N–H and O–H groups in total. The topological polar surface area (TPSA) is 68.0 Å². The number of aromatic nitrogens is 1. The third-order valence-electron chi connectivity index (χ3n) is 2.09. The van der Waals surface area contributed by atoms with Gasteiger partial charge in [0.05, 0.1) is 6.04 Å². The van der Waals surface area contributed by atoms with Crippen molar-refractivity contribution in [1.82, 2.24) is 10.3 Å². The SMILES string of the molecule is CC(N)CC(=O)NC(C)c1ccncc1. The Balaban J connectivity index is 2.49. The summed E-state index contributed by atoms with van der Waals surface area (Å²) in [7, 11) is 0. The van der Waals surface area contributed by atoms with E-state index in [9.17, 15) is 4.79 Å². The largest absolute Gasteiger partial charge is 0.350 e. The van der Waals surface area contributed by atoms with Crippen LogP contribution in [0.3, 0.4) is 0 Å². The van der Waals surface area contributed by atoms with Crippen LogP contribution in [0.15, 0.2) is 24.5 Å². The average molecular weight is 207 g/mol. The van der Waals surface area contributed by atoms with Crippen LogP contribution in [0.5, 0.6) is 0 Å². The maximum Gasteiger partial charge on any atom is 0.222 e. The van der Waals surface area contributed by atoms with Gasteiger partial charge in [-0.05, 0) is 31.5 Å². The number of nitrogens with two attached hydrogens (primary N) is 1. The van der Waals surface area contributed by atoms with E-state index >= 15 is 0 Å². The van der Waals surface area contributed by atoms with Gasteiger partial charge in [0.2, 0.25) is 5.91 Å². The Morgan fingerprint density at radius 3 is 2.60 bits per heavy atom. The maximum atomic E-state index is 11.4. The normalized spacial score (nSPS) is 14.3. The van der Waals surface area contributed by atoms with E-state index in [0.717, 1.165) is 5.56 Å². The summed E-state index contributed by atoms with van der Waals surface area (Å²) in [5.41, 5.74) is 6.58. The average Bonchev–Trinajstić information content (AvgIpc) is 2.17. The molecule has 1 aromatic heterocycles. The molecule has 4 heteroatoms. The molecule has 15 heavy (non-hydrogen) atoms. The van der Waals surface area contributed by atoms with Gasteiger partial charge in [-0.1, -0.05) is 0 Å². The zero-order valence-corrected chi connectivity index (χ0v) is 9.10. The lowest BCUT2D eigenvalue weighted by Gasteiger charge is -2.14. The molecule has 0 spiro atoms.